The summed E-state index contributed by atoms with van der Waals surface area (Å²) in [6.45, 7) is -2.13. The van der Waals surface area contributed by atoms with Crippen molar-refractivity contribution in [1.82, 2.24) is 20.1 Å². The number of hydrogen-bond acceptors (Lipinski definition) is 4. The summed E-state index contributed by atoms with van der Waals surface area (Å²) in [6.07, 6.45) is 1.59. The van der Waals surface area contributed by atoms with Crippen molar-refractivity contribution in [3.05, 3.63) is 40.9 Å². The van der Waals surface area contributed by atoms with Gasteiger partial charge in [-0.05, 0) is 18.2 Å². The Labute approximate surface area is 119 Å². The Morgan fingerprint density at radius 1 is 1.40 bits per heavy atom. The zero-order valence-electron chi connectivity index (χ0n) is 10.7. The summed E-state index contributed by atoms with van der Waals surface area (Å²) < 4.78 is 30.6. The highest BCUT2D eigenvalue weighted by Crippen LogP contribution is 2.24. The molecule has 0 atom stereocenters. The maximum atomic E-state index is 12.3. The fraction of sp³-hybridized carbons (Fsp3) is 0.333. The molecule has 0 saturated carbocycles. The van der Waals surface area contributed by atoms with Gasteiger partial charge in [0.15, 0.2) is 5.82 Å². The molecule has 2 aromatic rings. The topological polar surface area (TPSA) is 52.0 Å². The maximum absolute atomic E-state index is 12.3. The number of halogens is 3. The molecule has 0 aliphatic carbocycles. The molecule has 8 heteroatoms. The number of nitrogens with one attached hydrogen (secondary N) is 1. The van der Waals surface area contributed by atoms with Crippen LogP contribution in [0.1, 0.15) is 11.4 Å². The molecule has 1 heterocycles. The molecule has 0 unspecified atom stereocenters. The van der Waals surface area contributed by atoms with E-state index in [0.29, 0.717) is 29.5 Å². The van der Waals surface area contributed by atoms with Gasteiger partial charge in [0.2, 0.25) is 0 Å². The quantitative estimate of drug-likeness (QED) is 0.890. The van der Waals surface area contributed by atoms with Crippen molar-refractivity contribution in [2.75, 3.05) is 0 Å². The van der Waals surface area contributed by atoms with Crippen LogP contribution >= 0.6 is 11.6 Å². The number of alkyl halides is 2. The third kappa shape index (κ3) is 4.14. The van der Waals surface area contributed by atoms with Crippen LogP contribution in [0.25, 0.3) is 0 Å². The van der Waals surface area contributed by atoms with Crippen molar-refractivity contribution in [3.8, 4) is 5.75 Å². The van der Waals surface area contributed by atoms with Gasteiger partial charge in [0.25, 0.3) is 0 Å². The third-order valence-electron chi connectivity index (χ3n) is 2.48. The number of benzene rings is 1. The number of ether oxygens (including phenoxy) is 1. The van der Waals surface area contributed by atoms with Gasteiger partial charge in [0, 0.05) is 24.2 Å². The highest BCUT2D eigenvalue weighted by atomic mass is 35.5. The SMILES string of the molecule is Cn1cnc(CNCc2cc(Cl)ccc2OC(F)F)n1. The number of aryl methyl sites for hydroxylation is 1. The second-order valence-corrected chi connectivity index (χ2v) is 4.51. The molecule has 20 heavy (non-hydrogen) atoms. The Balaban J connectivity index is 1.98. The lowest BCUT2D eigenvalue weighted by Gasteiger charge is -2.11. The largest absolute Gasteiger partial charge is 0.434 e. The van der Waals surface area contributed by atoms with Crippen molar-refractivity contribution < 1.29 is 13.5 Å². The summed E-state index contributed by atoms with van der Waals surface area (Å²) in [7, 11) is 1.77. The Morgan fingerprint density at radius 3 is 2.85 bits per heavy atom. The predicted molar refractivity (Wildman–Crippen MR) is 69.6 cm³/mol. The monoisotopic (exact) mass is 302 g/mol. The summed E-state index contributed by atoms with van der Waals surface area (Å²) in [4.78, 5) is 4.05. The van der Waals surface area contributed by atoms with Gasteiger partial charge in [-0.3, -0.25) is 4.68 Å². The second-order valence-electron chi connectivity index (χ2n) is 4.07. The molecule has 0 bridgehead atoms. The van der Waals surface area contributed by atoms with Crippen LogP contribution in [-0.4, -0.2) is 21.4 Å². The Kier molecular flexibility index (Phi) is 4.86. The van der Waals surface area contributed by atoms with Crippen molar-refractivity contribution in [2.24, 2.45) is 7.05 Å². The smallest absolute Gasteiger partial charge is 0.387 e. The first-order chi connectivity index (χ1) is 9.54. The summed E-state index contributed by atoms with van der Waals surface area (Å²) >= 11 is 5.85. The lowest BCUT2D eigenvalue weighted by atomic mass is 10.2. The summed E-state index contributed by atoms with van der Waals surface area (Å²) in [5.74, 6) is 0.719. The zero-order chi connectivity index (χ0) is 14.5. The van der Waals surface area contributed by atoms with Crippen molar-refractivity contribution in [2.45, 2.75) is 19.7 Å². The van der Waals surface area contributed by atoms with Crippen LogP contribution in [0.5, 0.6) is 5.75 Å². The van der Waals surface area contributed by atoms with E-state index < -0.39 is 6.61 Å². The lowest BCUT2D eigenvalue weighted by Crippen LogP contribution is -2.15. The first-order valence-electron chi connectivity index (χ1n) is 5.83. The fourth-order valence-corrected chi connectivity index (χ4v) is 1.87. The third-order valence-corrected chi connectivity index (χ3v) is 2.72. The number of rotatable bonds is 6. The van der Waals surface area contributed by atoms with E-state index in [9.17, 15) is 8.78 Å². The van der Waals surface area contributed by atoms with Gasteiger partial charge in [0.05, 0.1) is 6.54 Å². The molecule has 5 nitrogen and oxygen atoms in total. The van der Waals surface area contributed by atoms with Crippen molar-refractivity contribution in [3.63, 3.8) is 0 Å². The first-order valence-corrected chi connectivity index (χ1v) is 6.21. The first kappa shape index (κ1) is 14.7. The molecular weight excluding hydrogens is 290 g/mol. The molecule has 0 radical (unpaired) electrons. The van der Waals surface area contributed by atoms with Gasteiger partial charge in [0.1, 0.15) is 12.1 Å². The molecule has 1 aromatic carbocycles. The summed E-state index contributed by atoms with van der Waals surface area (Å²) in [5.41, 5.74) is 0.550. The Morgan fingerprint density at radius 2 is 2.20 bits per heavy atom. The van der Waals surface area contributed by atoms with Gasteiger partial charge in [-0.1, -0.05) is 11.6 Å². The second kappa shape index (κ2) is 6.62. The van der Waals surface area contributed by atoms with Crippen LogP contribution in [0.2, 0.25) is 5.02 Å². The molecule has 0 aliphatic heterocycles. The summed E-state index contributed by atoms with van der Waals surface area (Å²) in [6, 6.07) is 4.51. The highest BCUT2D eigenvalue weighted by Gasteiger charge is 2.10. The number of aromatic nitrogens is 3. The molecule has 0 amide bonds. The van der Waals surface area contributed by atoms with E-state index in [1.54, 1.807) is 24.1 Å². The molecule has 2 rings (SSSR count). The zero-order valence-corrected chi connectivity index (χ0v) is 11.4. The van der Waals surface area contributed by atoms with E-state index in [2.05, 4.69) is 20.1 Å². The average Bonchev–Trinajstić information content (AvgIpc) is 2.78. The molecule has 1 aromatic heterocycles. The van der Waals surface area contributed by atoms with Crippen LogP contribution in [-0.2, 0) is 20.1 Å². The molecule has 0 saturated heterocycles. The number of hydrogen-bond donors (Lipinski definition) is 1. The van der Waals surface area contributed by atoms with Crippen molar-refractivity contribution in [1.29, 1.82) is 0 Å². The van der Waals surface area contributed by atoms with Crippen LogP contribution in [0, 0.1) is 0 Å². The average molecular weight is 303 g/mol. The van der Waals surface area contributed by atoms with Gasteiger partial charge in [-0.15, -0.1) is 0 Å². The van der Waals surface area contributed by atoms with E-state index >= 15 is 0 Å². The van der Waals surface area contributed by atoms with Gasteiger partial charge in [-0.2, -0.15) is 13.9 Å². The lowest BCUT2D eigenvalue weighted by molar-refractivity contribution is -0.0505. The van der Waals surface area contributed by atoms with Crippen LogP contribution in [0.15, 0.2) is 24.5 Å². The maximum Gasteiger partial charge on any atom is 0.387 e. The van der Waals surface area contributed by atoms with E-state index in [4.69, 9.17) is 11.6 Å². The van der Waals surface area contributed by atoms with Crippen LogP contribution in [0.4, 0.5) is 8.78 Å². The molecule has 1 N–H and O–H groups in total. The van der Waals surface area contributed by atoms with E-state index in [1.165, 1.54) is 12.1 Å². The minimum Gasteiger partial charge on any atom is -0.434 e. The molecule has 0 spiro atoms. The van der Waals surface area contributed by atoms with Crippen molar-refractivity contribution >= 4 is 11.6 Å². The van der Waals surface area contributed by atoms with E-state index in [-0.39, 0.29) is 5.75 Å². The van der Waals surface area contributed by atoms with E-state index in [1.807, 2.05) is 0 Å². The number of nitrogens with zero attached hydrogens (tertiary/aromatic N) is 3. The predicted octanol–water partition coefficient (Wildman–Crippen LogP) is 2.36. The highest BCUT2D eigenvalue weighted by molar-refractivity contribution is 6.30. The van der Waals surface area contributed by atoms with E-state index in [0.717, 1.165) is 0 Å². The Bertz CT molecular complexity index is 576. The van der Waals surface area contributed by atoms with Gasteiger partial charge in [-0.25, -0.2) is 4.98 Å². The summed E-state index contributed by atoms with van der Waals surface area (Å²) in [5, 5.41) is 7.60. The molecule has 108 valence electrons. The van der Waals surface area contributed by atoms with Gasteiger partial charge < -0.3 is 10.1 Å². The standard InChI is InChI=1S/C12H13ClF2N4O/c1-19-7-17-11(18-19)6-16-5-8-4-9(13)2-3-10(8)20-12(14)15/h2-4,7,12,16H,5-6H2,1H3. The normalized spacial score (nSPS) is 11.1. The molecule has 0 fully saturated rings. The minimum absolute atomic E-state index is 0.103. The van der Waals surface area contributed by atoms with Crippen LogP contribution < -0.4 is 10.1 Å². The minimum atomic E-state index is -2.87. The Hall–Kier alpha value is -1.73. The van der Waals surface area contributed by atoms with Gasteiger partial charge >= 0.3 is 6.61 Å². The molecular formula is C12H13ClF2N4O. The molecule has 0 aliphatic rings. The fourth-order valence-electron chi connectivity index (χ4n) is 1.67. The van der Waals surface area contributed by atoms with Crippen LogP contribution in [0.3, 0.4) is 0 Å².